The number of alkyl halides is 5. The van der Waals surface area contributed by atoms with Gasteiger partial charge in [0.15, 0.2) is 17.0 Å². The number of benzene rings is 2. The number of carbonyl (C=O) groups excluding carboxylic acids is 1. The van der Waals surface area contributed by atoms with Gasteiger partial charge >= 0.3 is 12.5 Å². The van der Waals surface area contributed by atoms with Gasteiger partial charge in [0, 0.05) is 23.9 Å². The van der Waals surface area contributed by atoms with Gasteiger partial charge < -0.3 is 24.1 Å². The summed E-state index contributed by atoms with van der Waals surface area (Å²) in [6.45, 7) is 4.37. The molecule has 10 nitrogen and oxygen atoms in total. The van der Waals surface area contributed by atoms with Gasteiger partial charge in [0.25, 0.3) is 5.56 Å². The molecule has 5 rings (SSSR count). The van der Waals surface area contributed by atoms with Crippen molar-refractivity contribution in [2.45, 2.75) is 45.9 Å². The number of nitrogens with one attached hydrogen (secondary N) is 1. The second-order valence-corrected chi connectivity index (χ2v) is 9.28. The van der Waals surface area contributed by atoms with Crippen LogP contribution in [0, 0.1) is 0 Å². The van der Waals surface area contributed by atoms with Crippen LogP contribution in [0.5, 0.6) is 17.2 Å². The monoisotopic (exact) mass is 579 g/mol. The Bertz CT molecular complexity index is 1700. The molecule has 3 heterocycles. The summed E-state index contributed by atoms with van der Waals surface area (Å²) in [6, 6.07) is 6.82. The smallest absolute Gasteiger partial charge is 0.491 e. The van der Waals surface area contributed by atoms with Gasteiger partial charge in [0.2, 0.25) is 5.91 Å². The number of hydrogen-bond donors (Lipinski definition) is 1. The predicted molar refractivity (Wildman–Crippen MR) is 135 cm³/mol. The van der Waals surface area contributed by atoms with Crippen molar-refractivity contribution in [3.63, 3.8) is 0 Å². The Balaban J connectivity index is 1.55. The molecule has 0 radical (unpaired) electrons. The van der Waals surface area contributed by atoms with E-state index in [1.165, 1.54) is 35.5 Å². The van der Waals surface area contributed by atoms with E-state index in [-0.39, 0.29) is 51.8 Å². The van der Waals surface area contributed by atoms with Crippen LogP contribution in [0.4, 0.5) is 27.6 Å². The van der Waals surface area contributed by atoms with Gasteiger partial charge in [-0.2, -0.15) is 18.3 Å². The molecule has 0 unspecified atom stereocenters. The Hall–Kier alpha value is -4.69. The molecule has 1 N–H and O–H groups in total. The zero-order valence-corrected chi connectivity index (χ0v) is 21.8. The van der Waals surface area contributed by atoms with E-state index in [0.29, 0.717) is 0 Å². The number of H-pyrrole nitrogens is 1. The van der Waals surface area contributed by atoms with Gasteiger partial charge in [0.1, 0.15) is 18.0 Å². The molecule has 0 fully saturated rings. The molecule has 0 aliphatic carbocycles. The van der Waals surface area contributed by atoms with Gasteiger partial charge in [-0.05, 0) is 51.1 Å². The number of aromatic nitrogens is 4. The molecule has 216 valence electrons. The van der Waals surface area contributed by atoms with Gasteiger partial charge in [-0.25, -0.2) is 9.67 Å². The second-order valence-electron chi connectivity index (χ2n) is 9.28. The molecule has 2 aromatic heterocycles. The van der Waals surface area contributed by atoms with Crippen LogP contribution in [0.25, 0.3) is 22.3 Å². The van der Waals surface area contributed by atoms with E-state index in [1.807, 2.05) is 0 Å². The Morgan fingerprint density at radius 2 is 1.88 bits per heavy atom. The highest BCUT2D eigenvalue weighted by Gasteiger charge is 2.43. The van der Waals surface area contributed by atoms with Gasteiger partial charge in [0.05, 0.1) is 23.5 Å². The number of amides is 1. The maximum atomic E-state index is 13.7. The zero-order valence-electron chi connectivity index (χ0n) is 21.8. The lowest BCUT2D eigenvalue weighted by atomic mass is 10.1. The predicted octanol–water partition coefficient (Wildman–Crippen LogP) is 4.97. The first-order valence-electron chi connectivity index (χ1n) is 12.3. The van der Waals surface area contributed by atoms with Crippen molar-refractivity contribution in [2.24, 2.45) is 0 Å². The van der Waals surface area contributed by atoms with Crippen LogP contribution in [0.3, 0.4) is 0 Å². The van der Waals surface area contributed by atoms with Crippen molar-refractivity contribution >= 4 is 22.6 Å². The maximum Gasteiger partial charge on any atom is 0.586 e. The average molecular weight is 579 g/mol. The van der Waals surface area contributed by atoms with Crippen molar-refractivity contribution < 1.29 is 41.0 Å². The Morgan fingerprint density at radius 3 is 2.56 bits per heavy atom. The van der Waals surface area contributed by atoms with Gasteiger partial charge in [-0.1, -0.05) is 0 Å². The SMILES string of the molecule is CCN(C(=O)Cn1nc(-c2cc(OC(C)C)cc(C(F)(F)F)c2)c2[nH]cnc2c1=O)c1ccc2c(c1)OC(F)(F)O2. The number of carbonyl (C=O) groups is 1. The molecule has 0 saturated heterocycles. The summed E-state index contributed by atoms with van der Waals surface area (Å²) in [5.41, 5.74) is -1.78. The summed E-state index contributed by atoms with van der Waals surface area (Å²) in [4.78, 5) is 34.4. The number of ether oxygens (including phenoxy) is 3. The van der Waals surface area contributed by atoms with Crippen LogP contribution in [-0.2, 0) is 17.5 Å². The van der Waals surface area contributed by atoms with E-state index >= 15 is 0 Å². The highest BCUT2D eigenvalue weighted by molar-refractivity contribution is 5.94. The molecule has 0 bridgehead atoms. The summed E-state index contributed by atoms with van der Waals surface area (Å²) in [7, 11) is 0. The normalized spacial score (nSPS) is 14.1. The number of nitrogens with zero attached hydrogens (tertiary/aromatic N) is 4. The number of anilines is 1. The summed E-state index contributed by atoms with van der Waals surface area (Å²) in [5.74, 6) is -1.23. The molecule has 1 aliphatic heterocycles. The third-order valence-corrected chi connectivity index (χ3v) is 6.01. The van der Waals surface area contributed by atoms with Gasteiger partial charge in [-0.3, -0.25) is 9.59 Å². The minimum atomic E-state index is -4.71. The second kappa shape index (κ2) is 10.1. The molecule has 0 atom stereocenters. The molecule has 0 spiro atoms. The lowest BCUT2D eigenvalue weighted by molar-refractivity contribution is -0.286. The zero-order chi connectivity index (χ0) is 29.7. The molecule has 1 amide bonds. The minimum absolute atomic E-state index is 0.0324. The van der Waals surface area contributed by atoms with Gasteiger partial charge in [-0.15, -0.1) is 8.78 Å². The molecular weight excluding hydrogens is 557 g/mol. The largest absolute Gasteiger partial charge is 0.586 e. The molecule has 0 saturated carbocycles. The molecule has 1 aliphatic rings. The minimum Gasteiger partial charge on any atom is -0.491 e. The summed E-state index contributed by atoms with van der Waals surface area (Å²) in [6.07, 6.45) is -7.80. The number of imidazole rings is 1. The average Bonchev–Trinajstić information content (AvgIpc) is 3.48. The topological polar surface area (TPSA) is 112 Å². The first-order valence-corrected chi connectivity index (χ1v) is 12.3. The van der Waals surface area contributed by atoms with E-state index in [9.17, 15) is 31.5 Å². The van der Waals surface area contributed by atoms with E-state index < -0.39 is 42.1 Å². The van der Waals surface area contributed by atoms with Crippen molar-refractivity contribution in [1.29, 1.82) is 0 Å². The molecule has 15 heteroatoms. The van der Waals surface area contributed by atoms with E-state index in [1.54, 1.807) is 20.8 Å². The highest BCUT2D eigenvalue weighted by Crippen LogP contribution is 2.43. The fraction of sp³-hybridized carbons (Fsp3) is 0.308. The number of aromatic amines is 1. The van der Waals surface area contributed by atoms with Crippen molar-refractivity contribution in [3.05, 3.63) is 58.6 Å². The Labute approximate surface area is 228 Å². The summed E-state index contributed by atoms with van der Waals surface area (Å²) in [5, 5.41) is 4.23. The molecule has 41 heavy (non-hydrogen) atoms. The lowest BCUT2D eigenvalue weighted by Crippen LogP contribution is -2.37. The third kappa shape index (κ3) is 5.51. The highest BCUT2D eigenvalue weighted by atomic mass is 19.4. The van der Waals surface area contributed by atoms with Crippen LogP contribution < -0.4 is 24.7 Å². The molecule has 4 aromatic rings. The number of halogens is 5. The first kappa shape index (κ1) is 27.9. The van der Waals surface area contributed by atoms with E-state index in [0.717, 1.165) is 16.8 Å². The summed E-state index contributed by atoms with van der Waals surface area (Å²) < 4.78 is 83.2. The fourth-order valence-corrected chi connectivity index (χ4v) is 4.35. The van der Waals surface area contributed by atoms with Crippen LogP contribution in [0.15, 0.2) is 47.5 Å². The number of rotatable bonds is 7. The number of fused-ring (bicyclic) bond motifs is 2. The molecule has 2 aromatic carbocycles. The van der Waals surface area contributed by atoms with Crippen LogP contribution in [-0.4, -0.2) is 44.6 Å². The maximum absolute atomic E-state index is 13.7. The third-order valence-electron chi connectivity index (χ3n) is 6.01. The van der Waals surface area contributed by atoms with Crippen molar-refractivity contribution in [1.82, 2.24) is 19.7 Å². The van der Waals surface area contributed by atoms with E-state index in [4.69, 9.17) is 4.74 Å². The fourth-order valence-electron chi connectivity index (χ4n) is 4.35. The number of hydrogen-bond acceptors (Lipinski definition) is 7. The standard InChI is InChI=1S/C26H22F5N5O5/c1-4-35(16-5-6-18-19(10-16)41-26(30,31)40-18)20(37)11-36-24(38)23-22(32-12-33-23)21(34-36)14-7-15(25(27,28)29)9-17(8-14)39-13(2)3/h5-10,12-13H,4,11H2,1-3H3,(H,32,33). The van der Waals surface area contributed by atoms with E-state index in [2.05, 4.69) is 24.5 Å². The first-order chi connectivity index (χ1) is 19.3. The molecular formula is C26H22F5N5O5. The quantitative estimate of drug-likeness (QED) is 0.308. The Morgan fingerprint density at radius 1 is 1.15 bits per heavy atom. The van der Waals surface area contributed by atoms with Crippen LogP contribution in [0.1, 0.15) is 26.3 Å². The lowest BCUT2D eigenvalue weighted by Gasteiger charge is -2.21. The summed E-state index contributed by atoms with van der Waals surface area (Å²) >= 11 is 0. The van der Waals surface area contributed by atoms with Crippen LogP contribution in [0.2, 0.25) is 0 Å². The van der Waals surface area contributed by atoms with Crippen LogP contribution >= 0.6 is 0 Å². The number of likely N-dealkylation sites (N-methyl/N-ethyl adjacent to an activating group) is 1. The Kier molecular flexibility index (Phi) is 6.83. The van der Waals surface area contributed by atoms with Crippen molar-refractivity contribution in [3.8, 4) is 28.5 Å². The van der Waals surface area contributed by atoms with Crippen molar-refractivity contribution in [2.75, 3.05) is 11.4 Å².